The maximum Gasteiger partial charge on any atom is 0.258 e. The van der Waals surface area contributed by atoms with Crippen LogP contribution in [-0.4, -0.2) is 9.38 Å². The molecule has 0 atom stereocenters. The molecule has 0 bridgehead atoms. The van der Waals surface area contributed by atoms with Gasteiger partial charge in [-0.15, -0.1) is 0 Å². The molecule has 3 rings (SSSR count). The average molecular weight is 276 g/mol. The average Bonchev–Trinajstić information content (AvgIpc) is 2.53. The zero-order chi connectivity index (χ0) is 14.7. The van der Waals surface area contributed by atoms with Gasteiger partial charge in [-0.1, -0.05) is 18.2 Å². The lowest BCUT2D eigenvalue weighted by Gasteiger charge is -2.08. The van der Waals surface area contributed by atoms with Crippen molar-refractivity contribution in [3.05, 3.63) is 76.3 Å². The van der Waals surface area contributed by atoms with E-state index in [1.165, 1.54) is 10.5 Å². The second-order valence-corrected chi connectivity index (χ2v) is 4.53. The van der Waals surface area contributed by atoms with Gasteiger partial charge in [0.2, 0.25) is 0 Å². The zero-order valence-electron chi connectivity index (χ0n) is 11.2. The van der Waals surface area contributed by atoms with Gasteiger partial charge in [-0.05, 0) is 24.3 Å². The predicted octanol–water partition coefficient (Wildman–Crippen LogP) is 2.18. The molecule has 0 fully saturated rings. The molecule has 5 nitrogen and oxygen atoms in total. The Morgan fingerprint density at radius 2 is 2.00 bits per heavy atom. The van der Waals surface area contributed by atoms with Gasteiger partial charge in [-0.25, -0.2) is 4.98 Å². The molecule has 0 radical (unpaired) electrons. The Morgan fingerprint density at radius 1 is 1.19 bits per heavy atom. The van der Waals surface area contributed by atoms with E-state index < -0.39 is 0 Å². The molecule has 0 amide bonds. The number of nitrogens with one attached hydrogen (secondary N) is 1. The Balaban J connectivity index is 1.89. The number of hydrogen-bond acceptors (Lipinski definition) is 4. The number of nitriles is 1. The predicted molar refractivity (Wildman–Crippen MR) is 79.9 cm³/mol. The Hall–Kier alpha value is -3.13. The molecule has 2 aromatic heterocycles. The van der Waals surface area contributed by atoms with E-state index in [1.807, 2.05) is 24.3 Å². The van der Waals surface area contributed by atoms with Gasteiger partial charge in [0.15, 0.2) is 0 Å². The molecule has 0 aliphatic heterocycles. The van der Waals surface area contributed by atoms with Crippen LogP contribution in [0.5, 0.6) is 0 Å². The summed E-state index contributed by atoms with van der Waals surface area (Å²) in [6.07, 6.45) is 1.69. The molecular formula is C16H12N4O. The highest BCUT2D eigenvalue weighted by Gasteiger charge is 2.04. The number of anilines is 1. The summed E-state index contributed by atoms with van der Waals surface area (Å²) in [5.41, 5.74) is 2.42. The maximum absolute atomic E-state index is 12.0. The van der Waals surface area contributed by atoms with E-state index in [-0.39, 0.29) is 5.56 Å². The van der Waals surface area contributed by atoms with Crippen LogP contribution >= 0.6 is 0 Å². The smallest absolute Gasteiger partial charge is 0.258 e. The lowest BCUT2D eigenvalue weighted by molar-refractivity contribution is 0.971. The molecule has 0 spiro atoms. The van der Waals surface area contributed by atoms with E-state index in [0.717, 1.165) is 5.69 Å². The van der Waals surface area contributed by atoms with Crippen molar-refractivity contribution in [2.75, 3.05) is 5.32 Å². The maximum atomic E-state index is 12.0. The van der Waals surface area contributed by atoms with Crippen LogP contribution in [0.2, 0.25) is 0 Å². The number of para-hydroxylation sites is 1. The van der Waals surface area contributed by atoms with Gasteiger partial charge in [0, 0.05) is 12.3 Å². The molecule has 1 aromatic carbocycles. The van der Waals surface area contributed by atoms with Crippen molar-refractivity contribution < 1.29 is 0 Å². The highest BCUT2D eigenvalue weighted by atomic mass is 16.1. The van der Waals surface area contributed by atoms with Crippen molar-refractivity contribution in [1.29, 1.82) is 5.26 Å². The summed E-state index contributed by atoms with van der Waals surface area (Å²) in [7, 11) is 0. The number of aromatic nitrogens is 2. The van der Waals surface area contributed by atoms with Crippen molar-refractivity contribution in [2.24, 2.45) is 0 Å². The minimum Gasteiger partial charge on any atom is -0.378 e. The minimum absolute atomic E-state index is 0.119. The van der Waals surface area contributed by atoms with Gasteiger partial charge >= 0.3 is 0 Å². The molecule has 0 aliphatic carbocycles. The van der Waals surface area contributed by atoms with Gasteiger partial charge in [0.25, 0.3) is 5.56 Å². The fourth-order valence-corrected chi connectivity index (χ4v) is 2.11. The third-order valence-electron chi connectivity index (χ3n) is 3.13. The van der Waals surface area contributed by atoms with Gasteiger partial charge < -0.3 is 5.32 Å². The lowest BCUT2D eigenvalue weighted by Crippen LogP contribution is -2.16. The summed E-state index contributed by atoms with van der Waals surface area (Å²) in [4.78, 5) is 16.4. The Bertz CT molecular complexity index is 892. The van der Waals surface area contributed by atoms with E-state index in [0.29, 0.717) is 23.4 Å². The van der Waals surface area contributed by atoms with Crippen LogP contribution in [-0.2, 0) is 6.54 Å². The Morgan fingerprint density at radius 3 is 2.86 bits per heavy atom. The monoisotopic (exact) mass is 276 g/mol. The van der Waals surface area contributed by atoms with Crippen molar-refractivity contribution in [1.82, 2.24) is 9.38 Å². The summed E-state index contributed by atoms with van der Waals surface area (Å²) in [6.45, 7) is 0.388. The number of nitrogens with zero attached hydrogens (tertiary/aromatic N) is 3. The van der Waals surface area contributed by atoms with E-state index in [1.54, 1.807) is 24.4 Å². The van der Waals surface area contributed by atoms with Crippen LogP contribution in [0.25, 0.3) is 5.65 Å². The highest BCUT2D eigenvalue weighted by Crippen LogP contribution is 2.14. The van der Waals surface area contributed by atoms with E-state index in [4.69, 9.17) is 5.26 Å². The number of hydrogen-bond donors (Lipinski definition) is 1. The first-order chi connectivity index (χ1) is 10.3. The van der Waals surface area contributed by atoms with Gasteiger partial charge in [-0.2, -0.15) is 5.26 Å². The first kappa shape index (κ1) is 12.9. The third kappa shape index (κ3) is 2.60. The molecule has 3 aromatic rings. The topological polar surface area (TPSA) is 70.2 Å². The normalized spacial score (nSPS) is 10.2. The molecule has 5 heteroatoms. The summed E-state index contributed by atoms with van der Waals surface area (Å²) in [5.74, 6) is 0. The molecule has 0 aliphatic rings. The third-order valence-corrected chi connectivity index (χ3v) is 3.13. The molecule has 0 unspecified atom stereocenters. The second-order valence-electron chi connectivity index (χ2n) is 4.53. The SMILES string of the molecule is N#Cc1ccccc1NCc1cc(=O)n2ccccc2n1. The van der Waals surface area contributed by atoms with Crippen LogP contribution in [0.15, 0.2) is 59.5 Å². The molecule has 0 saturated heterocycles. The molecule has 0 saturated carbocycles. The van der Waals surface area contributed by atoms with Crippen molar-refractivity contribution in [3.8, 4) is 6.07 Å². The van der Waals surface area contributed by atoms with Crippen LogP contribution in [0.4, 0.5) is 5.69 Å². The molecule has 1 N–H and O–H groups in total. The summed E-state index contributed by atoms with van der Waals surface area (Å²) >= 11 is 0. The summed E-state index contributed by atoms with van der Waals surface area (Å²) in [6, 6.07) is 16.3. The van der Waals surface area contributed by atoms with Crippen LogP contribution in [0.1, 0.15) is 11.3 Å². The van der Waals surface area contributed by atoms with Crippen LogP contribution in [0.3, 0.4) is 0 Å². The number of rotatable bonds is 3. The quantitative estimate of drug-likeness (QED) is 0.796. The van der Waals surface area contributed by atoms with Gasteiger partial charge in [0.05, 0.1) is 23.5 Å². The minimum atomic E-state index is -0.119. The Labute approximate surface area is 121 Å². The van der Waals surface area contributed by atoms with Gasteiger partial charge in [-0.3, -0.25) is 9.20 Å². The second kappa shape index (κ2) is 5.47. The van der Waals surface area contributed by atoms with Crippen LogP contribution in [0, 0.1) is 11.3 Å². The summed E-state index contributed by atoms with van der Waals surface area (Å²) < 4.78 is 1.49. The summed E-state index contributed by atoms with van der Waals surface area (Å²) in [5, 5.41) is 12.2. The molecular weight excluding hydrogens is 264 g/mol. The molecule has 102 valence electrons. The van der Waals surface area contributed by atoms with E-state index >= 15 is 0 Å². The van der Waals surface area contributed by atoms with Gasteiger partial charge in [0.1, 0.15) is 11.7 Å². The first-order valence-corrected chi connectivity index (χ1v) is 6.48. The number of fused-ring (bicyclic) bond motifs is 1. The lowest BCUT2D eigenvalue weighted by atomic mass is 10.2. The largest absolute Gasteiger partial charge is 0.378 e. The van der Waals surface area contributed by atoms with Crippen molar-refractivity contribution in [3.63, 3.8) is 0 Å². The fraction of sp³-hybridized carbons (Fsp3) is 0.0625. The fourth-order valence-electron chi connectivity index (χ4n) is 2.11. The number of benzene rings is 1. The number of pyridine rings is 1. The molecule has 2 heterocycles. The van der Waals surface area contributed by atoms with Crippen molar-refractivity contribution in [2.45, 2.75) is 6.54 Å². The Kier molecular flexibility index (Phi) is 3.36. The van der Waals surface area contributed by atoms with E-state index in [2.05, 4.69) is 16.4 Å². The standard InChI is InChI=1S/C16H12N4O/c17-10-12-5-1-2-6-14(12)18-11-13-9-16(21)20-8-4-3-7-15(20)19-13/h1-9,18H,11H2. The zero-order valence-corrected chi connectivity index (χ0v) is 11.2. The first-order valence-electron chi connectivity index (χ1n) is 6.48. The van der Waals surface area contributed by atoms with Crippen LogP contribution < -0.4 is 10.9 Å². The molecule has 21 heavy (non-hydrogen) atoms. The van der Waals surface area contributed by atoms with E-state index in [9.17, 15) is 4.79 Å². The highest BCUT2D eigenvalue weighted by molar-refractivity contribution is 5.57. The van der Waals surface area contributed by atoms with Crippen molar-refractivity contribution >= 4 is 11.3 Å².